The maximum atomic E-state index is 6.04. The van der Waals surface area contributed by atoms with E-state index < -0.39 is 0 Å². The molecule has 0 radical (unpaired) electrons. The van der Waals surface area contributed by atoms with Gasteiger partial charge in [0.1, 0.15) is 0 Å². The average molecular weight is 213 g/mol. The molecule has 0 heterocycles. The van der Waals surface area contributed by atoms with Crippen LogP contribution in [0.15, 0.2) is 0 Å². The molecular formula is C13H27NO. The summed E-state index contributed by atoms with van der Waals surface area (Å²) in [5, 5.41) is 3.54. The normalized spacial score (nSPS) is 21.6. The van der Waals surface area contributed by atoms with E-state index in [4.69, 9.17) is 4.74 Å². The predicted octanol–water partition coefficient (Wildman–Crippen LogP) is 3.11. The van der Waals surface area contributed by atoms with Gasteiger partial charge in [-0.3, -0.25) is 0 Å². The highest BCUT2D eigenvalue weighted by Crippen LogP contribution is 2.30. The van der Waals surface area contributed by atoms with Crippen LogP contribution >= 0.6 is 0 Å². The zero-order valence-corrected chi connectivity index (χ0v) is 10.6. The molecule has 0 aromatic rings. The Bertz CT molecular complexity index is 160. The predicted molar refractivity (Wildman–Crippen MR) is 65.2 cm³/mol. The molecule has 0 aromatic heterocycles. The van der Waals surface area contributed by atoms with Crippen molar-refractivity contribution in [3.05, 3.63) is 0 Å². The van der Waals surface area contributed by atoms with Gasteiger partial charge in [-0.05, 0) is 19.8 Å². The van der Waals surface area contributed by atoms with Gasteiger partial charge in [0.15, 0.2) is 0 Å². The Morgan fingerprint density at radius 3 is 2.20 bits per heavy atom. The lowest BCUT2D eigenvalue weighted by Gasteiger charge is -2.33. The molecule has 0 aliphatic heterocycles. The first kappa shape index (κ1) is 13.0. The fourth-order valence-electron chi connectivity index (χ4n) is 2.44. The summed E-state index contributed by atoms with van der Waals surface area (Å²) in [5.41, 5.74) is 0.134. The van der Waals surface area contributed by atoms with Crippen molar-refractivity contribution in [2.45, 2.75) is 70.9 Å². The van der Waals surface area contributed by atoms with Crippen molar-refractivity contribution in [3.63, 3.8) is 0 Å². The van der Waals surface area contributed by atoms with Gasteiger partial charge in [-0.25, -0.2) is 0 Å². The van der Waals surface area contributed by atoms with Crippen LogP contribution in [0.25, 0.3) is 0 Å². The molecule has 1 aliphatic carbocycles. The highest BCUT2D eigenvalue weighted by molar-refractivity contribution is 4.86. The van der Waals surface area contributed by atoms with E-state index in [1.165, 1.54) is 38.5 Å². The van der Waals surface area contributed by atoms with Crippen LogP contribution in [0.4, 0.5) is 0 Å². The third-order valence-electron chi connectivity index (χ3n) is 3.30. The SMILES string of the molecule is CCOC1(CNC(C)C)CCCCCC1. The Morgan fingerprint density at radius 1 is 1.13 bits per heavy atom. The zero-order valence-electron chi connectivity index (χ0n) is 10.6. The second kappa shape index (κ2) is 6.49. The molecule has 0 spiro atoms. The second-order valence-electron chi connectivity index (χ2n) is 5.07. The Balaban J connectivity index is 2.50. The molecule has 2 heteroatoms. The maximum Gasteiger partial charge on any atom is 0.0806 e. The molecule has 15 heavy (non-hydrogen) atoms. The van der Waals surface area contributed by atoms with Gasteiger partial charge in [-0.1, -0.05) is 39.5 Å². The smallest absolute Gasteiger partial charge is 0.0806 e. The zero-order chi connectivity index (χ0) is 11.1. The topological polar surface area (TPSA) is 21.3 Å². The third kappa shape index (κ3) is 4.52. The van der Waals surface area contributed by atoms with Crippen molar-refractivity contribution in [3.8, 4) is 0 Å². The minimum atomic E-state index is 0.134. The molecule has 0 unspecified atom stereocenters. The van der Waals surface area contributed by atoms with Crippen LogP contribution in [0.5, 0.6) is 0 Å². The summed E-state index contributed by atoms with van der Waals surface area (Å²) in [7, 11) is 0. The van der Waals surface area contributed by atoms with E-state index in [1.54, 1.807) is 0 Å². The fourth-order valence-corrected chi connectivity index (χ4v) is 2.44. The molecule has 0 aromatic carbocycles. The number of rotatable bonds is 5. The van der Waals surface area contributed by atoms with Gasteiger partial charge < -0.3 is 10.1 Å². The molecule has 1 N–H and O–H groups in total. The molecule has 1 saturated carbocycles. The molecule has 1 rings (SSSR count). The third-order valence-corrected chi connectivity index (χ3v) is 3.30. The second-order valence-corrected chi connectivity index (χ2v) is 5.07. The van der Waals surface area contributed by atoms with E-state index in [2.05, 4.69) is 26.1 Å². The molecule has 0 saturated heterocycles. The van der Waals surface area contributed by atoms with Crippen molar-refractivity contribution in [1.29, 1.82) is 0 Å². The largest absolute Gasteiger partial charge is 0.374 e. The summed E-state index contributed by atoms with van der Waals surface area (Å²) < 4.78 is 6.04. The molecule has 2 nitrogen and oxygen atoms in total. The van der Waals surface area contributed by atoms with Crippen LogP contribution in [0.1, 0.15) is 59.3 Å². The van der Waals surface area contributed by atoms with Crippen LogP contribution < -0.4 is 5.32 Å². The summed E-state index contributed by atoms with van der Waals surface area (Å²) in [6.45, 7) is 8.40. The first-order chi connectivity index (χ1) is 7.18. The van der Waals surface area contributed by atoms with Crippen molar-refractivity contribution in [2.75, 3.05) is 13.2 Å². The highest BCUT2D eigenvalue weighted by atomic mass is 16.5. The molecule has 0 atom stereocenters. The standard InChI is InChI=1S/C13H27NO/c1-4-15-13(11-14-12(2)3)9-7-5-6-8-10-13/h12,14H,4-11H2,1-3H3. The summed E-state index contributed by atoms with van der Waals surface area (Å²) >= 11 is 0. The molecule has 1 aliphatic rings. The van der Waals surface area contributed by atoms with Gasteiger partial charge in [0, 0.05) is 19.2 Å². The minimum absolute atomic E-state index is 0.134. The Labute approximate surface area is 94.8 Å². The molecular weight excluding hydrogens is 186 g/mol. The van der Waals surface area contributed by atoms with Crippen molar-refractivity contribution in [1.82, 2.24) is 5.32 Å². The Kier molecular flexibility index (Phi) is 5.62. The van der Waals surface area contributed by atoms with Crippen LogP contribution in [0, 0.1) is 0 Å². The lowest BCUT2D eigenvalue weighted by atomic mass is 9.93. The number of ether oxygens (including phenoxy) is 1. The van der Waals surface area contributed by atoms with E-state index >= 15 is 0 Å². The van der Waals surface area contributed by atoms with E-state index in [1.807, 2.05) is 0 Å². The van der Waals surface area contributed by atoms with E-state index in [0.29, 0.717) is 6.04 Å². The minimum Gasteiger partial charge on any atom is -0.374 e. The van der Waals surface area contributed by atoms with E-state index in [-0.39, 0.29) is 5.60 Å². The van der Waals surface area contributed by atoms with Crippen LogP contribution in [-0.4, -0.2) is 24.8 Å². The molecule has 1 fully saturated rings. The van der Waals surface area contributed by atoms with Gasteiger partial charge >= 0.3 is 0 Å². The van der Waals surface area contributed by atoms with Gasteiger partial charge in [0.25, 0.3) is 0 Å². The first-order valence-corrected chi connectivity index (χ1v) is 6.56. The summed E-state index contributed by atoms with van der Waals surface area (Å²) in [6, 6.07) is 0.561. The number of hydrogen-bond donors (Lipinski definition) is 1. The van der Waals surface area contributed by atoms with Crippen molar-refractivity contribution < 1.29 is 4.74 Å². The van der Waals surface area contributed by atoms with Gasteiger partial charge in [0.2, 0.25) is 0 Å². The summed E-state index contributed by atoms with van der Waals surface area (Å²) in [4.78, 5) is 0. The number of nitrogens with one attached hydrogen (secondary N) is 1. The van der Waals surface area contributed by atoms with E-state index in [9.17, 15) is 0 Å². The molecule has 0 bridgehead atoms. The van der Waals surface area contributed by atoms with E-state index in [0.717, 1.165) is 13.2 Å². The summed E-state index contributed by atoms with van der Waals surface area (Å²) in [5.74, 6) is 0. The fraction of sp³-hybridized carbons (Fsp3) is 1.00. The average Bonchev–Trinajstić information content (AvgIpc) is 2.42. The lowest BCUT2D eigenvalue weighted by Crippen LogP contribution is -2.45. The lowest BCUT2D eigenvalue weighted by molar-refractivity contribution is -0.0498. The van der Waals surface area contributed by atoms with Crippen LogP contribution in [0.2, 0.25) is 0 Å². The monoisotopic (exact) mass is 213 g/mol. The van der Waals surface area contributed by atoms with Gasteiger partial charge in [-0.2, -0.15) is 0 Å². The highest BCUT2D eigenvalue weighted by Gasteiger charge is 2.31. The van der Waals surface area contributed by atoms with Crippen molar-refractivity contribution in [2.24, 2.45) is 0 Å². The Hall–Kier alpha value is -0.0800. The van der Waals surface area contributed by atoms with Gasteiger partial charge in [-0.15, -0.1) is 0 Å². The molecule has 90 valence electrons. The maximum absolute atomic E-state index is 6.04. The van der Waals surface area contributed by atoms with Gasteiger partial charge in [0.05, 0.1) is 5.60 Å². The Morgan fingerprint density at radius 2 is 1.73 bits per heavy atom. The van der Waals surface area contributed by atoms with Crippen molar-refractivity contribution >= 4 is 0 Å². The summed E-state index contributed by atoms with van der Waals surface area (Å²) in [6.07, 6.45) is 7.91. The quantitative estimate of drug-likeness (QED) is 0.709. The molecule has 0 amide bonds. The van der Waals surface area contributed by atoms with Crippen LogP contribution in [0.3, 0.4) is 0 Å². The first-order valence-electron chi connectivity index (χ1n) is 6.56. The van der Waals surface area contributed by atoms with Crippen LogP contribution in [-0.2, 0) is 4.74 Å². The number of hydrogen-bond acceptors (Lipinski definition) is 2.